The Kier molecular flexibility index (Phi) is 4.23. The summed E-state index contributed by atoms with van der Waals surface area (Å²) in [6.07, 6.45) is -0.0390. The zero-order chi connectivity index (χ0) is 15.4. The van der Waals surface area contributed by atoms with Gasteiger partial charge in [0.2, 0.25) is 0 Å². The lowest BCUT2D eigenvalue weighted by Crippen LogP contribution is -2.12. The summed E-state index contributed by atoms with van der Waals surface area (Å²) in [5, 5.41) is 11.4. The number of carboxylic acid groups (broad SMARTS) is 1. The fraction of sp³-hybridized carbons (Fsp3) is 0.125. The summed E-state index contributed by atoms with van der Waals surface area (Å²) in [7, 11) is 0. The van der Waals surface area contributed by atoms with Crippen molar-refractivity contribution in [3.8, 4) is 0 Å². The van der Waals surface area contributed by atoms with E-state index in [9.17, 15) is 9.59 Å². The SMILES string of the molecule is Cc1ccc(C(=O)Nc2ccc(CC(=O)O)cc2)cc1N. The fourth-order valence-corrected chi connectivity index (χ4v) is 1.87. The van der Waals surface area contributed by atoms with Gasteiger partial charge in [0.15, 0.2) is 0 Å². The monoisotopic (exact) mass is 284 g/mol. The van der Waals surface area contributed by atoms with Crippen LogP contribution in [0, 0.1) is 6.92 Å². The highest BCUT2D eigenvalue weighted by molar-refractivity contribution is 6.04. The van der Waals surface area contributed by atoms with Gasteiger partial charge in [0.05, 0.1) is 6.42 Å². The number of nitrogen functional groups attached to an aromatic ring is 1. The number of hydrogen-bond acceptors (Lipinski definition) is 3. The highest BCUT2D eigenvalue weighted by Gasteiger charge is 2.08. The molecule has 0 saturated heterocycles. The van der Waals surface area contributed by atoms with E-state index in [-0.39, 0.29) is 12.3 Å². The molecule has 0 atom stereocenters. The van der Waals surface area contributed by atoms with Crippen LogP contribution in [-0.2, 0) is 11.2 Å². The van der Waals surface area contributed by atoms with Gasteiger partial charge in [-0.15, -0.1) is 0 Å². The molecule has 0 bridgehead atoms. The molecule has 0 spiro atoms. The number of nitrogens with two attached hydrogens (primary N) is 1. The second-order valence-corrected chi connectivity index (χ2v) is 4.79. The first-order valence-electron chi connectivity index (χ1n) is 6.44. The lowest BCUT2D eigenvalue weighted by Gasteiger charge is -2.07. The van der Waals surface area contributed by atoms with Gasteiger partial charge in [0.25, 0.3) is 5.91 Å². The molecule has 0 fully saturated rings. The maximum Gasteiger partial charge on any atom is 0.307 e. The Bertz CT molecular complexity index is 678. The summed E-state index contributed by atoms with van der Waals surface area (Å²) in [5.74, 6) is -1.14. The zero-order valence-electron chi connectivity index (χ0n) is 11.6. The average Bonchev–Trinajstić information content (AvgIpc) is 2.43. The molecule has 4 N–H and O–H groups in total. The minimum atomic E-state index is -0.887. The molecule has 2 aromatic carbocycles. The van der Waals surface area contributed by atoms with E-state index >= 15 is 0 Å². The van der Waals surface area contributed by atoms with Crippen molar-refractivity contribution in [3.63, 3.8) is 0 Å². The van der Waals surface area contributed by atoms with Gasteiger partial charge in [-0.2, -0.15) is 0 Å². The number of rotatable bonds is 4. The lowest BCUT2D eigenvalue weighted by molar-refractivity contribution is -0.136. The second-order valence-electron chi connectivity index (χ2n) is 4.79. The third-order valence-corrected chi connectivity index (χ3v) is 3.11. The van der Waals surface area contributed by atoms with Crippen LogP contribution in [-0.4, -0.2) is 17.0 Å². The molecule has 0 aromatic heterocycles. The summed E-state index contributed by atoms with van der Waals surface area (Å²) in [4.78, 5) is 22.7. The first-order valence-corrected chi connectivity index (χ1v) is 6.44. The van der Waals surface area contributed by atoms with Crippen LogP contribution in [0.15, 0.2) is 42.5 Å². The average molecular weight is 284 g/mol. The molecule has 2 aromatic rings. The van der Waals surface area contributed by atoms with Crippen LogP contribution in [0.3, 0.4) is 0 Å². The molecule has 0 heterocycles. The summed E-state index contributed by atoms with van der Waals surface area (Å²) in [5.41, 5.74) is 9.04. The normalized spacial score (nSPS) is 10.1. The third kappa shape index (κ3) is 3.82. The largest absolute Gasteiger partial charge is 0.481 e. The Balaban J connectivity index is 2.08. The van der Waals surface area contributed by atoms with E-state index in [0.717, 1.165) is 5.56 Å². The van der Waals surface area contributed by atoms with Crippen molar-refractivity contribution in [3.05, 3.63) is 59.2 Å². The molecule has 108 valence electrons. The summed E-state index contributed by atoms with van der Waals surface area (Å²) >= 11 is 0. The molecule has 0 saturated carbocycles. The summed E-state index contributed by atoms with van der Waals surface area (Å²) in [6, 6.07) is 11.8. The molecule has 0 aliphatic rings. The Morgan fingerprint density at radius 1 is 1.14 bits per heavy atom. The van der Waals surface area contributed by atoms with Crippen molar-refractivity contribution in [1.29, 1.82) is 0 Å². The molecular weight excluding hydrogens is 268 g/mol. The fourth-order valence-electron chi connectivity index (χ4n) is 1.87. The number of carboxylic acids is 1. The standard InChI is InChI=1S/C16H16N2O3/c1-10-2-5-12(9-14(10)17)16(21)18-13-6-3-11(4-7-13)8-15(19)20/h2-7,9H,8,17H2,1H3,(H,18,21)(H,19,20). The van der Waals surface area contributed by atoms with Crippen LogP contribution in [0.4, 0.5) is 11.4 Å². The maximum absolute atomic E-state index is 12.1. The van der Waals surface area contributed by atoms with Gasteiger partial charge >= 0.3 is 5.97 Å². The number of carbonyl (C=O) groups is 2. The molecule has 1 amide bonds. The first kappa shape index (κ1) is 14.6. The smallest absolute Gasteiger partial charge is 0.307 e. The Morgan fingerprint density at radius 3 is 2.38 bits per heavy atom. The van der Waals surface area contributed by atoms with E-state index in [2.05, 4.69) is 5.32 Å². The summed E-state index contributed by atoms with van der Waals surface area (Å²) < 4.78 is 0. The van der Waals surface area contributed by atoms with Crippen molar-refractivity contribution < 1.29 is 14.7 Å². The predicted molar refractivity (Wildman–Crippen MR) is 81.3 cm³/mol. The molecule has 0 radical (unpaired) electrons. The highest BCUT2D eigenvalue weighted by atomic mass is 16.4. The first-order chi connectivity index (χ1) is 9.95. The van der Waals surface area contributed by atoms with Gasteiger partial charge in [-0.3, -0.25) is 9.59 Å². The second kappa shape index (κ2) is 6.09. The van der Waals surface area contributed by atoms with E-state index in [1.54, 1.807) is 42.5 Å². The molecular formula is C16H16N2O3. The molecule has 0 aliphatic carbocycles. The number of carbonyl (C=O) groups excluding carboxylic acids is 1. The van der Waals surface area contributed by atoms with Crippen molar-refractivity contribution in [2.24, 2.45) is 0 Å². The quantitative estimate of drug-likeness (QED) is 0.752. The van der Waals surface area contributed by atoms with E-state index in [4.69, 9.17) is 10.8 Å². The lowest BCUT2D eigenvalue weighted by atomic mass is 10.1. The highest BCUT2D eigenvalue weighted by Crippen LogP contribution is 2.15. The van der Waals surface area contributed by atoms with Gasteiger partial charge in [0.1, 0.15) is 0 Å². The summed E-state index contributed by atoms with van der Waals surface area (Å²) in [6.45, 7) is 1.87. The molecule has 21 heavy (non-hydrogen) atoms. The molecule has 0 unspecified atom stereocenters. The third-order valence-electron chi connectivity index (χ3n) is 3.11. The number of aryl methyl sites for hydroxylation is 1. The molecule has 2 rings (SSSR count). The van der Waals surface area contributed by atoms with Crippen molar-refractivity contribution in [1.82, 2.24) is 0 Å². The van der Waals surface area contributed by atoms with Gasteiger partial charge in [-0.1, -0.05) is 18.2 Å². The Hall–Kier alpha value is -2.82. The van der Waals surface area contributed by atoms with Crippen LogP contribution in [0.25, 0.3) is 0 Å². The van der Waals surface area contributed by atoms with Crippen molar-refractivity contribution in [2.45, 2.75) is 13.3 Å². The van der Waals surface area contributed by atoms with E-state index in [0.29, 0.717) is 22.5 Å². The number of nitrogens with one attached hydrogen (secondary N) is 1. The van der Waals surface area contributed by atoms with Crippen LogP contribution in [0.1, 0.15) is 21.5 Å². The minimum Gasteiger partial charge on any atom is -0.481 e. The number of amides is 1. The number of aliphatic carboxylic acids is 1. The molecule has 0 aliphatic heterocycles. The number of anilines is 2. The number of hydrogen-bond donors (Lipinski definition) is 3. The maximum atomic E-state index is 12.1. The van der Waals surface area contributed by atoms with Gasteiger partial charge < -0.3 is 16.2 Å². The van der Waals surface area contributed by atoms with Crippen LogP contribution >= 0.6 is 0 Å². The van der Waals surface area contributed by atoms with Crippen molar-refractivity contribution >= 4 is 23.3 Å². The van der Waals surface area contributed by atoms with Crippen LogP contribution in [0.5, 0.6) is 0 Å². The van der Waals surface area contributed by atoms with Crippen LogP contribution in [0.2, 0.25) is 0 Å². The van der Waals surface area contributed by atoms with E-state index < -0.39 is 5.97 Å². The van der Waals surface area contributed by atoms with Crippen LogP contribution < -0.4 is 11.1 Å². The van der Waals surface area contributed by atoms with Gasteiger partial charge in [-0.05, 0) is 42.3 Å². The zero-order valence-corrected chi connectivity index (χ0v) is 11.6. The van der Waals surface area contributed by atoms with Gasteiger partial charge in [-0.25, -0.2) is 0 Å². The van der Waals surface area contributed by atoms with Crippen molar-refractivity contribution in [2.75, 3.05) is 11.1 Å². The Labute approximate surface area is 122 Å². The molecule has 5 heteroatoms. The minimum absolute atomic E-state index is 0.0390. The van der Waals surface area contributed by atoms with E-state index in [1.165, 1.54) is 0 Å². The topological polar surface area (TPSA) is 92.4 Å². The predicted octanol–water partition coefficient (Wildman–Crippen LogP) is 2.46. The Morgan fingerprint density at radius 2 is 1.81 bits per heavy atom. The number of benzene rings is 2. The van der Waals surface area contributed by atoms with Gasteiger partial charge in [0, 0.05) is 16.9 Å². The van der Waals surface area contributed by atoms with E-state index in [1.807, 2.05) is 6.92 Å². The molecule has 5 nitrogen and oxygen atoms in total.